The minimum Gasteiger partial charge on any atom is -0.337 e. The van der Waals surface area contributed by atoms with Crippen molar-refractivity contribution in [1.29, 1.82) is 0 Å². The molecule has 0 bridgehead atoms. The highest BCUT2D eigenvalue weighted by Gasteiger charge is 2.16. The molecule has 0 fully saturated rings. The molecule has 1 amide bonds. The highest BCUT2D eigenvalue weighted by atomic mass is 16.5. The maximum atomic E-state index is 11.8. The standard InChI is InChI=1S/C14H17N3O2/c1-10(2)14(18)17(3)9-12-15-13(16-19-12)11-7-5-4-6-8-11/h4-8,10H,9H2,1-3H3. The van der Waals surface area contributed by atoms with Gasteiger partial charge in [-0.2, -0.15) is 4.98 Å². The Morgan fingerprint density at radius 1 is 1.32 bits per heavy atom. The molecule has 0 aliphatic rings. The van der Waals surface area contributed by atoms with Crippen molar-refractivity contribution in [2.75, 3.05) is 7.05 Å². The molecule has 0 aliphatic heterocycles. The van der Waals surface area contributed by atoms with Crippen LogP contribution in [0.15, 0.2) is 34.9 Å². The minimum atomic E-state index is -0.0403. The second-order valence-electron chi connectivity index (χ2n) is 4.73. The van der Waals surface area contributed by atoms with Crippen molar-refractivity contribution >= 4 is 5.91 Å². The molecule has 0 saturated carbocycles. The van der Waals surface area contributed by atoms with Crippen LogP contribution in [0, 0.1) is 5.92 Å². The molecule has 2 aromatic rings. The lowest BCUT2D eigenvalue weighted by Gasteiger charge is -2.16. The van der Waals surface area contributed by atoms with Crippen molar-refractivity contribution in [2.45, 2.75) is 20.4 Å². The van der Waals surface area contributed by atoms with Crippen molar-refractivity contribution < 1.29 is 9.32 Å². The van der Waals surface area contributed by atoms with E-state index in [2.05, 4.69) is 10.1 Å². The third kappa shape index (κ3) is 3.19. The zero-order valence-electron chi connectivity index (χ0n) is 11.3. The lowest BCUT2D eigenvalue weighted by Crippen LogP contribution is -2.30. The molecule has 0 spiro atoms. The average Bonchev–Trinajstić information content (AvgIpc) is 2.87. The Hall–Kier alpha value is -2.17. The molecule has 0 unspecified atom stereocenters. The summed E-state index contributed by atoms with van der Waals surface area (Å²) in [6.45, 7) is 4.06. The maximum absolute atomic E-state index is 11.8. The Balaban J connectivity index is 2.08. The summed E-state index contributed by atoms with van der Waals surface area (Å²) >= 11 is 0. The molecule has 0 aliphatic carbocycles. The molecule has 0 N–H and O–H groups in total. The fourth-order valence-electron chi connectivity index (χ4n) is 1.75. The largest absolute Gasteiger partial charge is 0.337 e. The van der Waals surface area contributed by atoms with E-state index in [-0.39, 0.29) is 11.8 Å². The number of rotatable bonds is 4. The topological polar surface area (TPSA) is 59.2 Å². The van der Waals surface area contributed by atoms with E-state index in [0.29, 0.717) is 18.3 Å². The number of aromatic nitrogens is 2. The summed E-state index contributed by atoms with van der Waals surface area (Å²) in [4.78, 5) is 17.6. The first-order valence-corrected chi connectivity index (χ1v) is 6.21. The Morgan fingerprint density at radius 2 is 2.00 bits per heavy atom. The number of benzene rings is 1. The van der Waals surface area contributed by atoms with Gasteiger partial charge in [0.2, 0.25) is 17.6 Å². The number of hydrogen-bond acceptors (Lipinski definition) is 4. The third-order valence-corrected chi connectivity index (χ3v) is 2.74. The maximum Gasteiger partial charge on any atom is 0.246 e. The van der Waals surface area contributed by atoms with Crippen LogP contribution in [0.3, 0.4) is 0 Å². The fraction of sp³-hybridized carbons (Fsp3) is 0.357. The van der Waals surface area contributed by atoms with E-state index in [1.54, 1.807) is 11.9 Å². The van der Waals surface area contributed by atoms with Gasteiger partial charge in [0.05, 0.1) is 6.54 Å². The predicted octanol–water partition coefficient (Wildman–Crippen LogP) is 2.35. The molecule has 100 valence electrons. The van der Waals surface area contributed by atoms with E-state index in [1.807, 2.05) is 44.2 Å². The first kappa shape index (κ1) is 13.3. The molecule has 5 nitrogen and oxygen atoms in total. The van der Waals surface area contributed by atoms with Crippen LogP contribution in [0.1, 0.15) is 19.7 Å². The average molecular weight is 259 g/mol. The Morgan fingerprint density at radius 3 is 2.63 bits per heavy atom. The zero-order valence-corrected chi connectivity index (χ0v) is 11.3. The van der Waals surface area contributed by atoms with Crippen LogP contribution in [-0.2, 0) is 11.3 Å². The first-order chi connectivity index (χ1) is 9.08. The van der Waals surface area contributed by atoms with Crippen molar-refractivity contribution in [3.63, 3.8) is 0 Å². The summed E-state index contributed by atoms with van der Waals surface area (Å²) in [6.07, 6.45) is 0. The molecule has 5 heteroatoms. The quantitative estimate of drug-likeness (QED) is 0.845. The molecule has 0 atom stereocenters. The lowest BCUT2D eigenvalue weighted by molar-refractivity contribution is -0.133. The summed E-state index contributed by atoms with van der Waals surface area (Å²) < 4.78 is 5.16. The Bertz CT molecular complexity index is 549. The van der Waals surface area contributed by atoms with Gasteiger partial charge >= 0.3 is 0 Å². The van der Waals surface area contributed by atoms with E-state index >= 15 is 0 Å². The van der Waals surface area contributed by atoms with Gasteiger partial charge in [0.25, 0.3) is 0 Å². The van der Waals surface area contributed by atoms with Crippen molar-refractivity contribution in [3.8, 4) is 11.4 Å². The molecule has 0 saturated heterocycles. The van der Waals surface area contributed by atoms with E-state index in [9.17, 15) is 4.79 Å². The summed E-state index contributed by atoms with van der Waals surface area (Å²) in [6, 6.07) is 9.59. The highest BCUT2D eigenvalue weighted by molar-refractivity contribution is 5.77. The van der Waals surface area contributed by atoms with Gasteiger partial charge < -0.3 is 9.42 Å². The molecular weight excluding hydrogens is 242 g/mol. The van der Waals surface area contributed by atoms with Crippen molar-refractivity contribution in [1.82, 2.24) is 15.0 Å². The van der Waals surface area contributed by atoms with E-state index in [1.165, 1.54) is 0 Å². The Kier molecular flexibility index (Phi) is 3.94. The molecular formula is C14H17N3O2. The lowest BCUT2D eigenvalue weighted by atomic mass is 10.2. The normalized spacial score (nSPS) is 10.7. The number of carbonyl (C=O) groups excluding carboxylic acids is 1. The molecule has 1 aromatic heterocycles. The SMILES string of the molecule is CC(C)C(=O)N(C)Cc1nc(-c2ccccc2)no1. The van der Waals surface area contributed by atoms with E-state index < -0.39 is 0 Å². The molecule has 1 heterocycles. The van der Waals surface area contributed by atoms with Crippen LogP contribution in [0.25, 0.3) is 11.4 Å². The van der Waals surface area contributed by atoms with Crippen LogP contribution in [0.5, 0.6) is 0 Å². The summed E-state index contributed by atoms with van der Waals surface area (Å²) in [5.41, 5.74) is 0.898. The van der Waals surface area contributed by atoms with Gasteiger partial charge in [-0.3, -0.25) is 4.79 Å². The highest BCUT2D eigenvalue weighted by Crippen LogP contribution is 2.15. The van der Waals surface area contributed by atoms with Gasteiger partial charge in [-0.15, -0.1) is 0 Å². The monoisotopic (exact) mass is 259 g/mol. The molecule has 19 heavy (non-hydrogen) atoms. The number of carbonyl (C=O) groups is 1. The number of nitrogens with zero attached hydrogens (tertiary/aromatic N) is 3. The van der Waals surface area contributed by atoms with Crippen molar-refractivity contribution in [2.24, 2.45) is 5.92 Å². The zero-order chi connectivity index (χ0) is 13.8. The van der Waals surface area contributed by atoms with Gasteiger partial charge in [0.1, 0.15) is 0 Å². The fourth-order valence-corrected chi connectivity index (χ4v) is 1.75. The van der Waals surface area contributed by atoms with Gasteiger partial charge in [0.15, 0.2) is 0 Å². The minimum absolute atomic E-state index is 0.0403. The second kappa shape index (κ2) is 5.65. The van der Waals surface area contributed by atoms with Crippen LogP contribution in [-0.4, -0.2) is 28.0 Å². The van der Waals surface area contributed by atoms with Gasteiger partial charge in [-0.1, -0.05) is 49.3 Å². The van der Waals surface area contributed by atoms with Crippen LogP contribution < -0.4 is 0 Å². The van der Waals surface area contributed by atoms with Crippen LogP contribution >= 0.6 is 0 Å². The van der Waals surface area contributed by atoms with Crippen LogP contribution in [0.2, 0.25) is 0 Å². The molecule has 1 aromatic carbocycles. The van der Waals surface area contributed by atoms with Crippen LogP contribution in [0.4, 0.5) is 0 Å². The second-order valence-corrected chi connectivity index (χ2v) is 4.73. The smallest absolute Gasteiger partial charge is 0.246 e. The summed E-state index contributed by atoms with van der Waals surface area (Å²) in [7, 11) is 1.73. The van der Waals surface area contributed by atoms with E-state index in [4.69, 9.17) is 4.52 Å². The van der Waals surface area contributed by atoms with Crippen molar-refractivity contribution in [3.05, 3.63) is 36.2 Å². The summed E-state index contributed by atoms with van der Waals surface area (Å²) in [5.74, 6) is 0.998. The van der Waals surface area contributed by atoms with E-state index in [0.717, 1.165) is 5.56 Å². The number of hydrogen-bond donors (Lipinski definition) is 0. The summed E-state index contributed by atoms with van der Waals surface area (Å²) in [5, 5.41) is 3.92. The molecule has 0 radical (unpaired) electrons. The first-order valence-electron chi connectivity index (χ1n) is 6.21. The molecule has 2 rings (SSSR count). The van der Waals surface area contributed by atoms with Gasteiger partial charge in [-0.25, -0.2) is 0 Å². The Labute approximate surface area is 112 Å². The van der Waals surface area contributed by atoms with Gasteiger partial charge in [-0.05, 0) is 0 Å². The van der Waals surface area contributed by atoms with Gasteiger partial charge in [0, 0.05) is 18.5 Å². The third-order valence-electron chi connectivity index (χ3n) is 2.74. The predicted molar refractivity (Wildman–Crippen MR) is 71.0 cm³/mol. The number of amides is 1.